The molecule has 2 saturated carbocycles. The molecule has 5 nitrogen and oxygen atoms in total. The molecule has 30 heavy (non-hydrogen) atoms. The minimum absolute atomic E-state index is 0.0179. The molecular formula is C23H25NO4S2. The number of hydrogen-bond acceptors (Lipinski definition) is 6. The van der Waals surface area contributed by atoms with Crippen molar-refractivity contribution in [1.82, 2.24) is 4.90 Å². The Morgan fingerprint density at radius 3 is 2.80 bits per heavy atom. The van der Waals surface area contributed by atoms with E-state index in [0.717, 1.165) is 12.3 Å². The van der Waals surface area contributed by atoms with E-state index in [9.17, 15) is 9.90 Å². The molecule has 1 aromatic heterocycles. The van der Waals surface area contributed by atoms with Gasteiger partial charge in [-0.05, 0) is 55.4 Å². The minimum Gasteiger partial charge on any atom is -0.508 e. The third-order valence-corrected chi connectivity index (χ3v) is 7.15. The number of ether oxygens (including phenoxy) is 1. The van der Waals surface area contributed by atoms with Gasteiger partial charge in [0.05, 0.1) is 12.0 Å². The monoisotopic (exact) mass is 443 g/mol. The molecule has 0 saturated heterocycles. The van der Waals surface area contributed by atoms with Gasteiger partial charge < -0.3 is 19.2 Å². The van der Waals surface area contributed by atoms with Crippen molar-refractivity contribution in [2.75, 3.05) is 14.2 Å². The van der Waals surface area contributed by atoms with Crippen molar-refractivity contribution in [3.8, 4) is 22.8 Å². The van der Waals surface area contributed by atoms with Gasteiger partial charge in [-0.2, -0.15) is 0 Å². The molecule has 158 valence electrons. The van der Waals surface area contributed by atoms with Crippen molar-refractivity contribution in [2.45, 2.75) is 31.7 Å². The predicted octanol–water partition coefficient (Wildman–Crippen LogP) is 5.34. The Balaban J connectivity index is 1.56. The van der Waals surface area contributed by atoms with Crippen molar-refractivity contribution in [3.05, 3.63) is 41.0 Å². The Labute approximate surface area is 186 Å². The third-order valence-electron chi connectivity index (χ3n) is 6.22. The van der Waals surface area contributed by atoms with E-state index < -0.39 is 0 Å². The van der Waals surface area contributed by atoms with Gasteiger partial charge >= 0.3 is 0 Å². The van der Waals surface area contributed by atoms with Gasteiger partial charge in [-0.3, -0.25) is 4.79 Å². The molecule has 1 heterocycles. The third kappa shape index (κ3) is 4.27. The summed E-state index contributed by atoms with van der Waals surface area (Å²) in [6.07, 6.45) is 6.61. The molecule has 1 aromatic carbocycles. The number of thioether (sulfide) groups is 1. The SMILES string of the molecule is COc1cc(O)cc(-c2ccc(/C=C(\SC=S)C(=O)N(C)C3CC4CCC3C4)o2)c1. The molecule has 2 aromatic rings. The zero-order valence-corrected chi connectivity index (χ0v) is 18.7. The van der Waals surface area contributed by atoms with Crippen molar-refractivity contribution < 1.29 is 19.1 Å². The van der Waals surface area contributed by atoms with Crippen molar-refractivity contribution in [2.24, 2.45) is 11.8 Å². The minimum atomic E-state index is -0.0179. The summed E-state index contributed by atoms with van der Waals surface area (Å²) in [6, 6.07) is 8.86. The summed E-state index contributed by atoms with van der Waals surface area (Å²) >= 11 is 6.26. The number of aromatic hydroxyl groups is 1. The molecule has 2 aliphatic carbocycles. The van der Waals surface area contributed by atoms with Crippen LogP contribution in [0.5, 0.6) is 11.5 Å². The highest BCUT2D eigenvalue weighted by Gasteiger charge is 2.42. The summed E-state index contributed by atoms with van der Waals surface area (Å²) in [5, 5.41) is 9.89. The molecule has 0 spiro atoms. The van der Waals surface area contributed by atoms with E-state index in [1.165, 1.54) is 41.8 Å². The lowest BCUT2D eigenvalue weighted by Gasteiger charge is -2.31. The number of phenols is 1. The van der Waals surface area contributed by atoms with Gasteiger partial charge in [0.25, 0.3) is 5.91 Å². The van der Waals surface area contributed by atoms with Crippen LogP contribution in [0.1, 0.15) is 31.4 Å². The van der Waals surface area contributed by atoms with Crippen LogP contribution in [0.15, 0.2) is 39.7 Å². The molecule has 1 N–H and O–H groups in total. The summed E-state index contributed by atoms with van der Waals surface area (Å²) in [7, 11) is 3.44. The van der Waals surface area contributed by atoms with E-state index >= 15 is 0 Å². The van der Waals surface area contributed by atoms with Crippen LogP contribution in [0.2, 0.25) is 0 Å². The molecule has 7 heteroatoms. The Kier molecular flexibility index (Phi) is 6.20. The molecule has 0 aliphatic heterocycles. The first kappa shape index (κ1) is 21.0. The highest BCUT2D eigenvalue weighted by Crippen LogP contribution is 2.46. The second kappa shape index (κ2) is 8.86. The van der Waals surface area contributed by atoms with Crippen LogP contribution in [0, 0.1) is 11.8 Å². The smallest absolute Gasteiger partial charge is 0.260 e. The Morgan fingerprint density at radius 1 is 1.30 bits per heavy atom. The van der Waals surface area contributed by atoms with Gasteiger partial charge in [0, 0.05) is 35.5 Å². The van der Waals surface area contributed by atoms with Gasteiger partial charge in [-0.25, -0.2) is 0 Å². The first-order chi connectivity index (χ1) is 14.5. The van der Waals surface area contributed by atoms with Crippen LogP contribution in [-0.4, -0.2) is 40.8 Å². The van der Waals surface area contributed by atoms with Crippen LogP contribution in [-0.2, 0) is 4.79 Å². The maximum Gasteiger partial charge on any atom is 0.260 e. The summed E-state index contributed by atoms with van der Waals surface area (Å²) in [6.45, 7) is 0. The number of carbonyl (C=O) groups is 1. The fraction of sp³-hybridized carbons (Fsp3) is 0.391. The van der Waals surface area contributed by atoms with Crippen molar-refractivity contribution in [1.29, 1.82) is 0 Å². The number of carbonyl (C=O) groups excluding carboxylic acids is 1. The average molecular weight is 444 g/mol. The Morgan fingerprint density at radius 2 is 2.13 bits per heavy atom. The summed E-state index contributed by atoms with van der Waals surface area (Å²) < 4.78 is 12.6. The number of likely N-dealkylation sites (N-methyl/N-ethyl adjacent to an activating group) is 1. The van der Waals surface area contributed by atoms with Gasteiger partial charge in [0.1, 0.15) is 23.0 Å². The van der Waals surface area contributed by atoms with Gasteiger partial charge in [-0.15, -0.1) is 0 Å². The van der Waals surface area contributed by atoms with Gasteiger partial charge in [0.15, 0.2) is 0 Å². The quantitative estimate of drug-likeness (QED) is 0.460. The Bertz CT molecular complexity index is 983. The number of benzene rings is 1. The van der Waals surface area contributed by atoms with E-state index in [1.54, 1.807) is 31.4 Å². The van der Waals surface area contributed by atoms with E-state index in [2.05, 4.69) is 0 Å². The summed E-state index contributed by atoms with van der Waals surface area (Å²) in [5.41, 5.74) is 0.695. The summed E-state index contributed by atoms with van der Waals surface area (Å²) in [4.78, 5) is 15.6. The zero-order chi connectivity index (χ0) is 21.3. The van der Waals surface area contributed by atoms with E-state index in [1.807, 2.05) is 18.0 Å². The molecule has 2 bridgehead atoms. The number of methoxy groups -OCH3 is 1. The number of fused-ring (bicyclic) bond motifs is 2. The van der Waals surface area contributed by atoms with Crippen LogP contribution in [0.3, 0.4) is 0 Å². The van der Waals surface area contributed by atoms with Gasteiger partial charge in [-0.1, -0.05) is 30.4 Å². The number of rotatable bonds is 7. The highest BCUT2D eigenvalue weighted by atomic mass is 32.2. The largest absolute Gasteiger partial charge is 0.508 e. The number of thiocarbonyl (C=S) groups is 1. The van der Waals surface area contributed by atoms with E-state index in [4.69, 9.17) is 21.4 Å². The van der Waals surface area contributed by atoms with Crippen LogP contribution in [0.4, 0.5) is 0 Å². The van der Waals surface area contributed by atoms with Crippen LogP contribution < -0.4 is 4.74 Å². The second-order valence-electron chi connectivity index (χ2n) is 8.00. The maximum atomic E-state index is 13.2. The number of hydrogen-bond donors (Lipinski definition) is 1. The number of amides is 1. The normalized spacial score (nSPS) is 22.9. The van der Waals surface area contributed by atoms with Crippen molar-refractivity contribution >= 4 is 40.7 Å². The molecule has 1 amide bonds. The maximum absolute atomic E-state index is 13.2. The predicted molar refractivity (Wildman–Crippen MR) is 124 cm³/mol. The van der Waals surface area contributed by atoms with Crippen molar-refractivity contribution in [3.63, 3.8) is 0 Å². The molecular weight excluding hydrogens is 418 g/mol. The summed E-state index contributed by atoms with van der Waals surface area (Å²) in [5.74, 6) is 3.15. The lowest BCUT2D eigenvalue weighted by Crippen LogP contribution is -2.40. The molecule has 0 radical (unpaired) electrons. The van der Waals surface area contributed by atoms with Gasteiger partial charge in [0.2, 0.25) is 0 Å². The second-order valence-corrected chi connectivity index (χ2v) is 9.45. The Hall–Kier alpha value is -2.25. The molecule has 3 unspecified atom stereocenters. The van der Waals surface area contributed by atoms with E-state index in [-0.39, 0.29) is 11.7 Å². The fourth-order valence-electron chi connectivity index (χ4n) is 4.77. The lowest BCUT2D eigenvalue weighted by molar-refractivity contribution is -0.128. The lowest BCUT2D eigenvalue weighted by atomic mass is 9.94. The standard InChI is InChI=1S/C23H25NO4S2/c1-24(20-8-14-3-4-15(20)7-14)23(26)22(30-13-29)12-18-5-6-21(28-18)16-9-17(25)11-19(10-16)27-2/h5-6,9-15,20,25H,3-4,7-8H2,1-2H3/b22-12-. The molecule has 3 atom stereocenters. The zero-order valence-electron chi connectivity index (χ0n) is 17.0. The van der Waals surface area contributed by atoms with E-state index in [0.29, 0.717) is 39.7 Å². The van der Waals surface area contributed by atoms with Crippen LogP contribution in [0.25, 0.3) is 17.4 Å². The fourth-order valence-corrected chi connectivity index (χ4v) is 5.61. The topological polar surface area (TPSA) is 62.9 Å². The highest BCUT2D eigenvalue weighted by molar-refractivity contribution is 8.24. The number of furan rings is 1. The number of phenolic OH excluding ortho intramolecular Hbond substituents is 1. The van der Waals surface area contributed by atoms with Crippen LogP contribution >= 0.6 is 24.0 Å². The molecule has 2 aliphatic rings. The molecule has 4 rings (SSSR count). The molecule has 2 fully saturated rings. The number of nitrogens with zero attached hydrogens (tertiary/aromatic N) is 1. The first-order valence-electron chi connectivity index (χ1n) is 10.1. The average Bonchev–Trinajstić information content (AvgIpc) is 3.49. The first-order valence-corrected chi connectivity index (χ1v) is 11.4.